The van der Waals surface area contributed by atoms with Gasteiger partial charge in [0.25, 0.3) is 0 Å². The number of amidine groups is 1. The number of nitrogens with two attached hydrogens (primary N) is 1. The third-order valence-electron chi connectivity index (χ3n) is 2.63. The van der Waals surface area contributed by atoms with E-state index >= 15 is 0 Å². The Balaban J connectivity index is 2.51. The predicted molar refractivity (Wildman–Crippen MR) is 72.1 cm³/mol. The van der Waals surface area contributed by atoms with E-state index in [1.807, 2.05) is 6.92 Å². The molecular formula is C13H14FN5. The SMILES string of the molecule is CCN(c1cccc(F)c1)c1nccnc1C(=N)N. The first-order chi connectivity index (χ1) is 9.13. The topological polar surface area (TPSA) is 78.9 Å². The number of hydrogen-bond donors (Lipinski definition) is 2. The van der Waals surface area contributed by atoms with E-state index in [4.69, 9.17) is 11.1 Å². The van der Waals surface area contributed by atoms with Crippen LogP contribution < -0.4 is 10.6 Å². The van der Waals surface area contributed by atoms with Crippen LogP contribution in [0.3, 0.4) is 0 Å². The Kier molecular flexibility index (Phi) is 3.70. The van der Waals surface area contributed by atoms with Crippen molar-refractivity contribution in [3.63, 3.8) is 0 Å². The fourth-order valence-corrected chi connectivity index (χ4v) is 1.82. The summed E-state index contributed by atoms with van der Waals surface area (Å²) in [6.45, 7) is 2.46. The third-order valence-corrected chi connectivity index (χ3v) is 2.63. The number of anilines is 2. The lowest BCUT2D eigenvalue weighted by Crippen LogP contribution is -2.24. The summed E-state index contributed by atoms with van der Waals surface area (Å²) in [5.74, 6) is -0.0507. The average Bonchev–Trinajstić information content (AvgIpc) is 2.40. The highest BCUT2D eigenvalue weighted by atomic mass is 19.1. The number of hydrogen-bond acceptors (Lipinski definition) is 4. The van der Waals surface area contributed by atoms with E-state index in [0.717, 1.165) is 0 Å². The first-order valence-corrected chi connectivity index (χ1v) is 5.82. The molecule has 0 spiro atoms. The van der Waals surface area contributed by atoms with Crippen LogP contribution in [0.1, 0.15) is 12.6 Å². The van der Waals surface area contributed by atoms with Crippen molar-refractivity contribution in [3.8, 4) is 0 Å². The zero-order valence-electron chi connectivity index (χ0n) is 10.5. The maximum atomic E-state index is 13.3. The minimum atomic E-state index is -0.329. The van der Waals surface area contributed by atoms with Gasteiger partial charge in [0.05, 0.1) is 0 Å². The number of rotatable bonds is 4. The molecule has 98 valence electrons. The van der Waals surface area contributed by atoms with Gasteiger partial charge in [-0.3, -0.25) is 5.41 Å². The van der Waals surface area contributed by atoms with Crippen molar-refractivity contribution < 1.29 is 4.39 Å². The van der Waals surface area contributed by atoms with E-state index in [-0.39, 0.29) is 17.3 Å². The molecule has 0 aliphatic rings. The zero-order chi connectivity index (χ0) is 13.8. The van der Waals surface area contributed by atoms with Crippen LogP contribution in [0, 0.1) is 11.2 Å². The highest BCUT2D eigenvalue weighted by molar-refractivity contribution is 5.98. The Bertz CT molecular complexity index is 599. The molecule has 0 saturated carbocycles. The van der Waals surface area contributed by atoms with Gasteiger partial charge < -0.3 is 10.6 Å². The quantitative estimate of drug-likeness (QED) is 0.650. The summed E-state index contributed by atoms with van der Waals surface area (Å²) < 4.78 is 13.3. The van der Waals surface area contributed by atoms with E-state index < -0.39 is 0 Å². The molecule has 1 aromatic heterocycles. The molecule has 0 bridgehead atoms. The largest absolute Gasteiger partial charge is 0.382 e. The van der Waals surface area contributed by atoms with Crippen molar-refractivity contribution in [1.29, 1.82) is 5.41 Å². The van der Waals surface area contributed by atoms with Crippen LogP contribution in [0.2, 0.25) is 0 Å². The monoisotopic (exact) mass is 259 g/mol. The molecule has 6 heteroatoms. The van der Waals surface area contributed by atoms with E-state index in [2.05, 4.69) is 9.97 Å². The van der Waals surface area contributed by atoms with Crippen molar-refractivity contribution in [1.82, 2.24) is 9.97 Å². The van der Waals surface area contributed by atoms with Crippen molar-refractivity contribution in [3.05, 3.63) is 48.2 Å². The maximum absolute atomic E-state index is 13.3. The van der Waals surface area contributed by atoms with Gasteiger partial charge in [-0.1, -0.05) is 6.07 Å². The molecule has 0 amide bonds. The van der Waals surface area contributed by atoms with E-state index in [0.29, 0.717) is 18.1 Å². The molecule has 1 aromatic carbocycles. The smallest absolute Gasteiger partial charge is 0.162 e. The normalized spacial score (nSPS) is 10.2. The Morgan fingerprint density at radius 2 is 2.11 bits per heavy atom. The van der Waals surface area contributed by atoms with Crippen molar-refractivity contribution in [2.24, 2.45) is 5.73 Å². The molecule has 1 heterocycles. The number of nitrogen functional groups attached to an aromatic ring is 1. The Morgan fingerprint density at radius 3 is 2.74 bits per heavy atom. The van der Waals surface area contributed by atoms with Crippen LogP contribution in [-0.2, 0) is 0 Å². The fraction of sp³-hybridized carbons (Fsp3) is 0.154. The van der Waals surface area contributed by atoms with Crippen molar-refractivity contribution in [2.45, 2.75) is 6.92 Å². The van der Waals surface area contributed by atoms with E-state index in [1.165, 1.54) is 24.5 Å². The Morgan fingerprint density at radius 1 is 1.37 bits per heavy atom. The summed E-state index contributed by atoms with van der Waals surface area (Å²) in [4.78, 5) is 10.0. The number of halogens is 1. The molecule has 0 saturated heterocycles. The minimum Gasteiger partial charge on any atom is -0.382 e. The molecule has 0 aliphatic heterocycles. The molecule has 0 radical (unpaired) electrons. The van der Waals surface area contributed by atoms with Gasteiger partial charge in [-0.05, 0) is 25.1 Å². The molecule has 19 heavy (non-hydrogen) atoms. The minimum absolute atomic E-state index is 0.169. The van der Waals surface area contributed by atoms with E-state index in [9.17, 15) is 4.39 Å². The average molecular weight is 259 g/mol. The summed E-state index contributed by atoms with van der Waals surface area (Å²) in [5, 5.41) is 7.52. The standard InChI is InChI=1S/C13H14FN5/c1-2-19(10-5-3-4-9(14)8-10)13-11(12(15)16)17-6-7-18-13/h3-8H,2H2,1H3,(H3,15,16). The summed E-state index contributed by atoms with van der Waals surface area (Å²) in [6, 6.07) is 6.17. The van der Waals surface area contributed by atoms with Crippen LogP contribution in [0.15, 0.2) is 36.7 Å². The molecule has 0 aliphatic carbocycles. The molecule has 2 aromatic rings. The first kappa shape index (κ1) is 12.9. The van der Waals surface area contributed by atoms with Gasteiger partial charge in [0.15, 0.2) is 5.82 Å². The Hall–Kier alpha value is -2.50. The molecule has 0 unspecified atom stereocenters. The van der Waals surface area contributed by atoms with Crippen LogP contribution in [0.25, 0.3) is 0 Å². The molecule has 5 nitrogen and oxygen atoms in total. The number of nitrogens with one attached hydrogen (secondary N) is 1. The third kappa shape index (κ3) is 2.67. The van der Waals surface area contributed by atoms with Crippen LogP contribution >= 0.6 is 0 Å². The van der Waals surface area contributed by atoms with Gasteiger partial charge in [-0.25, -0.2) is 14.4 Å². The second-order valence-corrected chi connectivity index (χ2v) is 3.87. The maximum Gasteiger partial charge on any atom is 0.162 e. The van der Waals surface area contributed by atoms with Crippen LogP contribution in [0.4, 0.5) is 15.9 Å². The number of aromatic nitrogens is 2. The molecule has 2 rings (SSSR count). The lowest BCUT2D eigenvalue weighted by molar-refractivity contribution is 0.627. The number of nitrogens with zero attached hydrogens (tertiary/aromatic N) is 3. The van der Waals surface area contributed by atoms with Gasteiger partial charge in [0.2, 0.25) is 0 Å². The van der Waals surface area contributed by atoms with Crippen LogP contribution in [-0.4, -0.2) is 22.3 Å². The molecule has 3 N–H and O–H groups in total. The van der Waals surface area contributed by atoms with Crippen LogP contribution in [0.5, 0.6) is 0 Å². The summed E-state index contributed by atoms with van der Waals surface area (Å²) in [6.07, 6.45) is 2.99. The highest BCUT2D eigenvalue weighted by Crippen LogP contribution is 2.25. The van der Waals surface area contributed by atoms with Gasteiger partial charge in [0.1, 0.15) is 17.3 Å². The fourth-order valence-electron chi connectivity index (χ4n) is 1.82. The summed E-state index contributed by atoms with van der Waals surface area (Å²) >= 11 is 0. The molecule has 0 atom stereocenters. The highest BCUT2D eigenvalue weighted by Gasteiger charge is 2.16. The van der Waals surface area contributed by atoms with Gasteiger partial charge in [0, 0.05) is 24.6 Å². The number of benzene rings is 1. The van der Waals surface area contributed by atoms with Gasteiger partial charge in [-0.15, -0.1) is 0 Å². The van der Waals surface area contributed by atoms with Crippen molar-refractivity contribution in [2.75, 3.05) is 11.4 Å². The first-order valence-electron chi connectivity index (χ1n) is 5.82. The lowest BCUT2D eigenvalue weighted by Gasteiger charge is -2.23. The predicted octanol–water partition coefficient (Wildman–Crippen LogP) is 2.06. The molecular weight excluding hydrogens is 245 g/mol. The Labute approximate surface area is 110 Å². The lowest BCUT2D eigenvalue weighted by atomic mass is 10.2. The van der Waals surface area contributed by atoms with Gasteiger partial charge >= 0.3 is 0 Å². The second-order valence-electron chi connectivity index (χ2n) is 3.87. The summed E-state index contributed by atoms with van der Waals surface area (Å²) in [5.41, 5.74) is 6.42. The molecule has 0 fully saturated rings. The zero-order valence-corrected chi connectivity index (χ0v) is 10.5. The van der Waals surface area contributed by atoms with E-state index in [1.54, 1.807) is 17.0 Å². The summed E-state index contributed by atoms with van der Waals surface area (Å²) in [7, 11) is 0. The van der Waals surface area contributed by atoms with Crippen molar-refractivity contribution >= 4 is 17.3 Å². The second kappa shape index (κ2) is 5.43. The van der Waals surface area contributed by atoms with Gasteiger partial charge in [-0.2, -0.15) is 0 Å².